The quantitative estimate of drug-likeness (QED) is 0.674. The highest BCUT2D eigenvalue weighted by Gasteiger charge is 2.10. The molecule has 2 amide bonds. The summed E-state index contributed by atoms with van der Waals surface area (Å²) >= 11 is 0. The van der Waals surface area contributed by atoms with Crippen molar-refractivity contribution in [2.24, 2.45) is 0 Å². The van der Waals surface area contributed by atoms with Crippen molar-refractivity contribution >= 4 is 11.8 Å². The molecule has 0 saturated carbocycles. The Bertz CT molecular complexity index is 227. The van der Waals surface area contributed by atoms with Crippen LogP contribution in [0.25, 0.3) is 0 Å². The van der Waals surface area contributed by atoms with Crippen LogP contribution in [0.3, 0.4) is 0 Å². The second kappa shape index (κ2) is 6.40. The molecule has 5 heteroatoms. The molecular weight excluding hydrogens is 194 g/mol. The summed E-state index contributed by atoms with van der Waals surface area (Å²) in [7, 11) is 5.20. The third kappa shape index (κ3) is 6.06. The maximum absolute atomic E-state index is 11.4. The summed E-state index contributed by atoms with van der Waals surface area (Å²) < 4.78 is 0. The summed E-state index contributed by atoms with van der Waals surface area (Å²) in [5.74, 6) is -0.225. The molecule has 0 aliphatic rings. The number of carbonyl (C=O) groups is 2. The van der Waals surface area contributed by atoms with Gasteiger partial charge >= 0.3 is 0 Å². The van der Waals surface area contributed by atoms with E-state index in [9.17, 15) is 9.59 Å². The largest absolute Gasteiger partial charge is 0.347 e. The average molecular weight is 215 g/mol. The van der Waals surface area contributed by atoms with Gasteiger partial charge in [-0.1, -0.05) is 0 Å². The molecule has 0 unspecified atom stereocenters. The number of nitrogens with one attached hydrogen (secondary N) is 1. The summed E-state index contributed by atoms with van der Waals surface area (Å²) in [5, 5.41) is 2.58. The lowest BCUT2D eigenvalue weighted by Crippen LogP contribution is -2.42. The van der Waals surface area contributed by atoms with E-state index in [1.54, 1.807) is 14.1 Å². The summed E-state index contributed by atoms with van der Waals surface area (Å²) in [6, 6.07) is 0.320. The van der Waals surface area contributed by atoms with Crippen LogP contribution in [-0.2, 0) is 9.59 Å². The van der Waals surface area contributed by atoms with E-state index in [4.69, 9.17) is 0 Å². The molecule has 0 aromatic rings. The Morgan fingerprint density at radius 3 is 2.13 bits per heavy atom. The SMILES string of the molecule is CC(C)N(C)CC(=O)NCC(=O)N(C)C. The number of likely N-dealkylation sites (N-methyl/N-ethyl adjacent to an activating group) is 2. The molecule has 88 valence electrons. The number of amides is 2. The van der Waals surface area contributed by atoms with Gasteiger partial charge in [0.05, 0.1) is 13.1 Å². The molecule has 0 heterocycles. The number of rotatable bonds is 5. The van der Waals surface area contributed by atoms with Gasteiger partial charge in [0.2, 0.25) is 11.8 Å². The molecule has 0 aliphatic carbocycles. The second-order valence-corrected chi connectivity index (χ2v) is 4.07. The minimum Gasteiger partial charge on any atom is -0.347 e. The zero-order valence-electron chi connectivity index (χ0n) is 10.2. The van der Waals surface area contributed by atoms with Crippen LogP contribution < -0.4 is 5.32 Å². The minimum atomic E-state index is -0.124. The average Bonchev–Trinajstić information content (AvgIpc) is 2.13. The van der Waals surface area contributed by atoms with Crippen LogP contribution >= 0.6 is 0 Å². The van der Waals surface area contributed by atoms with Crippen molar-refractivity contribution in [1.82, 2.24) is 15.1 Å². The molecule has 1 N–H and O–H groups in total. The zero-order valence-corrected chi connectivity index (χ0v) is 10.2. The lowest BCUT2D eigenvalue weighted by Gasteiger charge is -2.20. The van der Waals surface area contributed by atoms with Crippen molar-refractivity contribution < 1.29 is 9.59 Å². The van der Waals surface area contributed by atoms with Crippen molar-refractivity contribution in [2.75, 3.05) is 34.2 Å². The first-order valence-corrected chi connectivity index (χ1v) is 5.01. The molecule has 0 aromatic heterocycles. The molecule has 0 radical (unpaired) electrons. The predicted molar refractivity (Wildman–Crippen MR) is 59.5 cm³/mol. The van der Waals surface area contributed by atoms with E-state index in [0.717, 1.165) is 0 Å². The van der Waals surface area contributed by atoms with E-state index in [2.05, 4.69) is 5.32 Å². The maximum atomic E-state index is 11.4. The van der Waals surface area contributed by atoms with Crippen LogP contribution in [0.2, 0.25) is 0 Å². The lowest BCUT2D eigenvalue weighted by atomic mass is 10.3. The summed E-state index contributed by atoms with van der Waals surface area (Å²) in [6.07, 6.45) is 0. The van der Waals surface area contributed by atoms with E-state index < -0.39 is 0 Å². The molecule has 0 aromatic carbocycles. The van der Waals surface area contributed by atoms with Crippen LogP contribution in [0, 0.1) is 0 Å². The van der Waals surface area contributed by atoms with Crippen molar-refractivity contribution in [2.45, 2.75) is 19.9 Å². The van der Waals surface area contributed by atoms with Crippen molar-refractivity contribution in [1.29, 1.82) is 0 Å². The molecule has 5 nitrogen and oxygen atoms in total. The monoisotopic (exact) mass is 215 g/mol. The van der Waals surface area contributed by atoms with E-state index in [1.165, 1.54) is 4.90 Å². The van der Waals surface area contributed by atoms with Crippen LogP contribution in [0.5, 0.6) is 0 Å². The fourth-order valence-corrected chi connectivity index (χ4v) is 0.797. The van der Waals surface area contributed by atoms with Crippen LogP contribution in [0.1, 0.15) is 13.8 Å². The fraction of sp³-hybridized carbons (Fsp3) is 0.800. The second-order valence-electron chi connectivity index (χ2n) is 4.07. The Kier molecular flexibility index (Phi) is 5.93. The Labute approximate surface area is 91.4 Å². The van der Waals surface area contributed by atoms with E-state index in [0.29, 0.717) is 12.6 Å². The van der Waals surface area contributed by atoms with Gasteiger partial charge in [0, 0.05) is 20.1 Å². The van der Waals surface area contributed by atoms with Crippen molar-refractivity contribution in [3.8, 4) is 0 Å². The van der Waals surface area contributed by atoms with E-state index in [-0.39, 0.29) is 18.4 Å². The first-order valence-electron chi connectivity index (χ1n) is 5.01. The van der Waals surface area contributed by atoms with E-state index >= 15 is 0 Å². The summed E-state index contributed by atoms with van der Waals surface area (Å²) in [4.78, 5) is 25.9. The Balaban J connectivity index is 3.81. The Morgan fingerprint density at radius 2 is 1.73 bits per heavy atom. The molecule has 0 atom stereocenters. The van der Waals surface area contributed by atoms with Gasteiger partial charge < -0.3 is 10.2 Å². The van der Waals surface area contributed by atoms with Gasteiger partial charge in [0.1, 0.15) is 0 Å². The van der Waals surface area contributed by atoms with Gasteiger partial charge in [-0.25, -0.2) is 0 Å². The lowest BCUT2D eigenvalue weighted by molar-refractivity contribution is -0.131. The summed E-state index contributed by atoms with van der Waals surface area (Å²) in [6.45, 7) is 4.41. The van der Waals surface area contributed by atoms with Gasteiger partial charge in [-0.05, 0) is 20.9 Å². The topological polar surface area (TPSA) is 52.7 Å². The van der Waals surface area contributed by atoms with Gasteiger partial charge in [0.15, 0.2) is 0 Å². The molecule has 0 aliphatic heterocycles. The number of hydrogen-bond acceptors (Lipinski definition) is 3. The van der Waals surface area contributed by atoms with Crippen molar-refractivity contribution in [3.05, 3.63) is 0 Å². The van der Waals surface area contributed by atoms with Crippen LogP contribution in [-0.4, -0.2) is 61.9 Å². The highest BCUT2D eigenvalue weighted by Crippen LogP contribution is 1.91. The third-order valence-electron chi connectivity index (χ3n) is 2.21. The highest BCUT2D eigenvalue weighted by atomic mass is 16.2. The standard InChI is InChI=1S/C10H21N3O2/c1-8(2)13(5)7-9(14)11-6-10(15)12(3)4/h8H,6-7H2,1-5H3,(H,11,14). The normalized spacial score (nSPS) is 10.6. The van der Waals surface area contributed by atoms with Gasteiger partial charge in [-0.3, -0.25) is 14.5 Å². The van der Waals surface area contributed by atoms with Crippen molar-refractivity contribution in [3.63, 3.8) is 0 Å². The summed E-state index contributed by atoms with van der Waals surface area (Å²) in [5.41, 5.74) is 0. The minimum absolute atomic E-state index is 0.0672. The fourth-order valence-electron chi connectivity index (χ4n) is 0.797. The predicted octanol–water partition coefficient (Wildman–Crippen LogP) is -0.469. The first-order chi connectivity index (χ1) is 6.84. The van der Waals surface area contributed by atoms with E-state index in [1.807, 2.05) is 25.8 Å². The zero-order chi connectivity index (χ0) is 12.0. The molecule has 15 heavy (non-hydrogen) atoms. The van der Waals surface area contributed by atoms with Crippen LogP contribution in [0.4, 0.5) is 0 Å². The Hall–Kier alpha value is -1.10. The third-order valence-corrected chi connectivity index (χ3v) is 2.21. The smallest absolute Gasteiger partial charge is 0.241 e. The van der Waals surface area contributed by atoms with Gasteiger partial charge in [-0.15, -0.1) is 0 Å². The number of carbonyl (C=O) groups excluding carboxylic acids is 2. The molecule has 0 rings (SSSR count). The Morgan fingerprint density at radius 1 is 1.20 bits per heavy atom. The highest BCUT2D eigenvalue weighted by molar-refractivity contribution is 5.85. The maximum Gasteiger partial charge on any atom is 0.241 e. The number of hydrogen-bond donors (Lipinski definition) is 1. The first kappa shape index (κ1) is 13.9. The molecule has 0 fully saturated rings. The molecule has 0 bridgehead atoms. The van der Waals surface area contributed by atoms with Gasteiger partial charge in [0.25, 0.3) is 0 Å². The molecule has 0 spiro atoms. The molecular formula is C10H21N3O2. The van der Waals surface area contributed by atoms with Crippen LogP contribution in [0.15, 0.2) is 0 Å². The molecule has 0 saturated heterocycles. The van der Waals surface area contributed by atoms with Gasteiger partial charge in [-0.2, -0.15) is 0 Å². The number of nitrogens with zero attached hydrogens (tertiary/aromatic N) is 2.